The van der Waals surface area contributed by atoms with E-state index in [9.17, 15) is 26.9 Å². The molecule has 0 atom stereocenters. The summed E-state index contributed by atoms with van der Waals surface area (Å²) < 4.78 is 54.2. The first-order valence-corrected chi connectivity index (χ1v) is 16.6. The number of sulfonamides is 2. The minimum Gasteiger partial charge on any atom is -0.339 e. The van der Waals surface area contributed by atoms with Gasteiger partial charge in [0.25, 0.3) is 15.7 Å². The molecular weight excluding hydrogens is 603 g/mol. The second-order valence-corrected chi connectivity index (χ2v) is 13.9. The Hall–Kier alpha value is -5.27. The van der Waals surface area contributed by atoms with E-state index in [1.165, 1.54) is 29.6 Å². The van der Waals surface area contributed by atoms with Gasteiger partial charge in [0.1, 0.15) is 5.65 Å². The Morgan fingerprint density at radius 1 is 0.864 bits per heavy atom. The highest BCUT2D eigenvalue weighted by Gasteiger charge is 2.21. The molecule has 2 N–H and O–H groups in total. The van der Waals surface area contributed by atoms with Gasteiger partial charge in [-0.25, -0.2) is 21.8 Å². The van der Waals surface area contributed by atoms with Gasteiger partial charge < -0.3 is 4.98 Å². The molecule has 11 nitrogen and oxygen atoms in total. The number of rotatable bonds is 8. The molecule has 0 spiro atoms. The molecule has 0 bridgehead atoms. The number of benzene rings is 4. The lowest BCUT2D eigenvalue weighted by Gasteiger charge is -2.17. The number of anilines is 2. The first-order valence-electron chi connectivity index (χ1n) is 13.2. The normalized spacial score (nSPS) is 12.0. The predicted octanol–water partition coefficient (Wildman–Crippen LogP) is 6.15. The van der Waals surface area contributed by atoms with E-state index >= 15 is 0 Å². The van der Waals surface area contributed by atoms with E-state index in [-0.39, 0.29) is 16.3 Å². The smallest absolute Gasteiger partial charge is 0.270 e. The summed E-state index contributed by atoms with van der Waals surface area (Å²) in [6.45, 7) is 0. The first kappa shape index (κ1) is 28.8. The van der Waals surface area contributed by atoms with Gasteiger partial charge in [-0.05, 0) is 47.5 Å². The van der Waals surface area contributed by atoms with Crippen molar-refractivity contribution in [1.82, 2.24) is 9.97 Å². The number of nitrogens with zero attached hydrogens (tertiary/aromatic N) is 3. The van der Waals surface area contributed by atoms with Crippen molar-refractivity contribution in [2.45, 2.75) is 4.90 Å². The van der Waals surface area contributed by atoms with Crippen molar-refractivity contribution in [3.05, 3.63) is 113 Å². The van der Waals surface area contributed by atoms with Gasteiger partial charge in [-0.1, -0.05) is 48.5 Å². The number of nitrogens with one attached hydrogen (secondary N) is 2. The minimum atomic E-state index is -4.14. The van der Waals surface area contributed by atoms with Gasteiger partial charge in [-0.3, -0.25) is 19.1 Å². The second-order valence-electron chi connectivity index (χ2n) is 10.2. The molecule has 2 aromatic heterocycles. The van der Waals surface area contributed by atoms with Crippen molar-refractivity contribution in [1.29, 1.82) is 0 Å². The van der Waals surface area contributed by atoms with Gasteiger partial charge in [0.15, 0.2) is 0 Å². The largest absolute Gasteiger partial charge is 0.339 e. The lowest BCUT2D eigenvalue weighted by atomic mass is 9.92. The Balaban J connectivity index is 1.51. The Morgan fingerprint density at radius 2 is 1.59 bits per heavy atom. The molecule has 0 aliphatic heterocycles. The van der Waals surface area contributed by atoms with Crippen LogP contribution in [0.25, 0.3) is 44.2 Å². The van der Waals surface area contributed by atoms with Crippen LogP contribution in [-0.2, 0) is 20.0 Å². The van der Waals surface area contributed by atoms with Crippen LogP contribution in [0.15, 0.2) is 108 Å². The number of hydrogen-bond donors (Lipinski definition) is 2. The molecule has 0 amide bonds. The van der Waals surface area contributed by atoms with E-state index in [2.05, 4.69) is 9.71 Å². The average molecular weight is 628 g/mol. The number of hydrogen-bond acceptors (Lipinski definition) is 7. The summed E-state index contributed by atoms with van der Waals surface area (Å²) in [7, 11) is -6.08. The molecule has 4 aromatic carbocycles. The number of aromatic amines is 1. The summed E-state index contributed by atoms with van der Waals surface area (Å²) in [5, 5.41) is 12.7. The average Bonchev–Trinajstić information content (AvgIpc) is 3.38. The molecule has 0 aliphatic rings. The zero-order valence-electron chi connectivity index (χ0n) is 23.4. The Morgan fingerprint density at radius 3 is 2.27 bits per heavy atom. The van der Waals surface area contributed by atoms with E-state index in [1.54, 1.807) is 36.5 Å². The fourth-order valence-electron chi connectivity index (χ4n) is 5.06. The van der Waals surface area contributed by atoms with Crippen LogP contribution in [0, 0.1) is 10.1 Å². The lowest BCUT2D eigenvalue weighted by molar-refractivity contribution is -0.385. The number of non-ortho nitro benzene ring substituents is 1. The van der Waals surface area contributed by atoms with Crippen LogP contribution in [-0.4, -0.2) is 45.0 Å². The fourth-order valence-corrected chi connectivity index (χ4v) is 6.66. The molecule has 0 fully saturated rings. The minimum absolute atomic E-state index is 0.232. The molecule has 0 aliphatic carbocycles. The maximum absolute atomic E-state index is 13.2. The first-order chi connectivity index (χ1) is 20.9. The van der Waals surface area contributed by atoms with E-state index in [4.69, 9.17) is 4.98 Å². The molecule has 13 heteroatoms. The van der Waals surface area contributed by atoms with Gasteiger partial charge in [0.2, 0.25) is 10.0 Å². The van der Waals surface area contributed by atoms with E-state index < -0.39 is 25.0 Å². The zero-order valence-corrected chi connectivity index (χ0v) is 25.1. The summed E-state index contributed by atoms with van der Waals surface area (Å²) >= 11 is 0. The quantitative estimate of drug-likeness (QED) is 0.151. The predicted molar refractivity (Wildman–Crippen MR) is 172 cm³/mol. The highest BCUT2D eigenvalue weighted by atomic mass is 32.2. The second kappa shape index (κ2) is 10.8. The maximum Gasteiger partial charge on any atom is 0.270 e. The summed E-state index contributed by atoms with van der Waals surface area (Å²) in [6.07, 6.45) is 2.89. The van der Waals surface area contributed by atoms with Gasteiger partial charge in [-0.2, -0.15) is 0 Å². The number of nitro benzene ring substituents is 1. The van der Waals surface area contributed by atoms with Gasteiger partial charge in [0.05, 0.1) is 21.8 Å². The molecule has 0 unspecified atom stereocenters. The van der Waals surface area contributed by atoms with Crippen LogP contribution in [0.1, 0.15) is 0 Å². The SMILES string of the molecule is CN(c1ccc(-c2cnc3[nH]c4ccc(NS(=O)(=O)c5cccc([N+](=O)[O-])c5)cc4c3c2-c2ccccc2)cc1)S(C)(=O)=O. The van der Waals surface area contributed by atoms with Crippen molar-refractivity contribution in [2.24, 2.45) is 0 Å². The van der Waals surface area contributed by atoms with Crippen molar-refractivity contribution in [3.63, 3.8) is 0 Å². The number of aromatic nitrogens is 2. The molecule has 6 aromatic rings. The molecule has 0 saturated heterocycles. The maximum atomic E-state index is 13.2. The highest BCUT2D eigenvalue weighted by molar-refractivity contribution is 7.92. The van der Waals surface area contributed by atoms with Crippen molar-refractivity contribution in [2.75, 3.05) is 22.3 Å². The zero-order chi connectivity index (χ0) is 31.2. The van der Waals surface area contributed by atoms with E-state index in [0.717, 1.165) is 45.5 Å². The van der Waals surface area contributed by atoms with Crippen LogP contribution in [0.5, 0.6) is 0 Å². The molecule has 44 heavy (non-hydrogen) atoms. The Labute approximate surface area is 253 Å². The molecule has 0 saturated carbocycles. The van der Waals surface area contributed by atoms with Crippen molar-refractivity contribution >= 4 is 59.0 Å². The summed E-state index contributed by atoms with van der Waals surface area (Å²) in [5.41, 5.74) is 5.12. The molecular formula is C31H25N5O6S2. The number of fused-ring (bicyclic) bond motifs is 3. The van der Waals surface area contributed by atoms with Crippen LogP contribution in [0.2, 0.25) is 0 Å². The van der Waals surface area contributed by atoms with Crippen LogP contribution in [0.4, 0.5) is 17.1 Å². The third-order valence-electron chi connectivity index (χ3n) is 7.31. The monoisotopic (exact) mass is 627 g/mol. The summed E-state index contributed by atoms with van der Waals surface area (Å²) in [4.78, 5) is 18.3. The van der Waals surface area contributed by atoms with Crippen LogP contribution < -0.4 is 9.03 Å². The summed E-state index contributed by atoms with van der Waals surface area (Å²) in [5.74, 6) is 0. The standard InChI is InChI=1S/C31H25N5O6S2/c1-35(43(2,39)40)23-14-11-20(12-15-23)27-19-32-31-30(29(27)21-7-4-3-5-8-21)26-17-22(13-16-28(26)33-31)34-44(41,42)25-10-6-9-24(18-25)36(37)38/h3-19,34H,1-2H3,(H,32,33). The molecule has 6 rings (SSSR count). The van der Waals surface area contributed by atoms with Crippen LogP contribution >= 0.6 is 0 Å². The lowest BCUT2D eigenvalue weighted by Crippen LogP contribution is -2.24. The third kappa shape index (κ3) is 5.34. The van der Waals surface area contributed by atoms with E-state index in [1.807, 2.05) is 42.5 Å². The van der Waals surface area contributed by atoms with Gasteiger partial charge >= 0.3 is 0 Å². The number of H-pyrrole nitrogens is 1. The highest BCUT2D eigenvalue weighted by Crippen LogP contribution is 2.41. The van der Waals surface area contributed by atoms with Gasteiger partial charge in [-0.15, -0.1) is 0 Å². The van der Waals surface area contributed by atoms with E-state index in [0.29, 0.717) is 16.7 Å². The Kier molecular flexibility index (Phi) is 7.06. The topological polar surface area (TPSA) is 155 Å². The third-order valence-corrected chi connectivity index (χ3v) is 9.90. The molecule has 2 heterocycles. The Bertz CT molecular complexity index is 2290. The van der Waals surface area contributed by atoms with Crippen LogP contribution in [0.3, 0.4) is 0 Å². The summed E-state index contributed by atoms with van der Waals surface area (Å²) in [6, 6.07) is 26.7. The number of pyridine rings is 1. The van der Waals surface area contributed by atoms with Gasteiger partial charge in [0, 0.05) is 58.5 Å². The molecule has 0 radical (unpaired) electrons. The number of nitro groups is 1. The van der Waals surface area contributed by atoms with Crippen molar-refractivity contribution in [3.8, 4) is 22.3 Å². The molecule has 222 valence electrons. The van der Waals surface area contributed by atoms with Crippen molar-refractivity contribution < 1.29 is 21.8 Å². The fraction of sp³-hybridized carbons (Fsp3) is 0.0645.